The lowest BCUT2D eigenvalue weighted by Crippen LogP contribution is -2.21. The van der Waals surface area contributed by atoms with Crippen molar-refractivity contribution in [2.75, 3.05) is 0 Å². The third-order valence-electron chi connectivity index (χ3n) is 5.14. The molecule has 4 rings (SSSR count). The van der Waals surface area contributed by atoms with Crippen molar-refractivity contribution < 1.29 is 19.1 Å². The zero-order valence-corrected chi connectivity index (χ0v) is 17.9. The molecule has 0 saturated carbocycles. The van der Waals surface area contributed by atoms with Crippen LogP contribution in [0, 0.1) is 6.92 Å². The van der Waals surface area contributed by atoms with Crippen LogP contribution < -0.4 is 15.2 Å². The highest BCUT2D eigenvalue weighted by molar-refractivity contribution is 9.10. The Morgan fingerprint density at radius 2 is 1.93 bits per heavy atom. The molecule has 0 bridgehead atoms. The first-order chi connectivity index (χ1) is 14.4. The van der Waals surface area contributed by atoms with Gasteiger partial charge in [0, 0.05) is 15.6 Å². The molecule has 1 amide bonds. The van der Waals surface area contributed by atoms with Crippen molar-refractivity contribution in [1.29, 1.82) is 0 Å². The number of rotatable bonds is 5. The fourth-order valence-electron chi connectivity index (χ4n) is 3.48. The minimum absolute atomic E-state index is 0.0536. The number of ether oxygens (including phenoxy) is 2. The van der Waals surface area contributed by atoms with Gasteiger partial charge in [0.25, 0.3) is 0 Å². The summed E-state index contributed by atoms with van der Waals surface area (Å²) in [6, 6.07) is 18.3. The van der Waals surface area contributed by atoms with Gasteiger partial charge in [-0.1, -0.05) is 40.2 Å². The molecule has 1 heterocycles. The number of halogens is 1. The molecule has 0 saturated heterocycles. The Kier molecular flexibility index (Phi) is 5.59. The number of amides is 1. The molecule has 1 aliphatic heterocycles. The van der Waals surface area contributed by atoms with Crippen LogP contribution in [-0.4, -0.2) is 11.7 Å². The van der Waals surface area contributed by atoms with Crippen molar-refractivity contribution in [1.82, 2.24) is 0 Å². The third kappa shape index (κ3) is 4.09. The van der Waals surface area contributed by atoms with E-state index >= 15 is 0 Å². The van der Waals surface area contributed by atoms with E-state index in [9.17, 15) is 9.59 Å². The van der Waals surface area contributed by atoms with E-state index in [-0.39, 0.29) is 11.9 Å². The lowest BCUT2D eigenvalue weighted by molar-refractivity contribution is 0.0846. The minimum Gasteiger partial charge on any atom is -0.488 e. The van der Waals surface area contributed by atoms with Gasteiger partial charge >= 0.3 is 0 Å². The number of fused-ring (bicyclic) bond motifs is 1. The van der Waals surface area contributed by atoms with Crippen molar-refractivity contribution in [2.24, 2.45) is 5.73 Å². The number of ketones is 1. The predicted octanol–water partition coefficient (Wildman–Crippen LogP) is 5.14. The Bertz CT molecular complexity index is 1120. The normalized spacial score (nSPS) is 15.3. The summed E-state index contributed by atoms with van der Waals surface area (Å²) >= 11 is 3.47. The van der Waals surface area contributed by atoms with E-state index in [0.29, 0.717) is 35.7 Å². The fraction of sp³-hybridized carbons (Fsp3) is 0.167. The van der Waals surface area contributed by atoms with Gasteiger partial charge in [-0.2, -0.15) is 0 Å². The summed E-state index contributed by atoms with van der Waals surface area (Å²) in [6.45, 7) is 2.21. The van der Waals surface area contributed by atoms with E-state index in [2.05, 4.69) is 15.9 Å². The van der Waals surface area contributed by atoms with Crippen LogP contribution in [-0.2, 0) is 6.61 Å². The van der Waals surface area contributed by atoms with Crippen LogP contribution in [0.3, 0.4) is 0 Å². The summed E-state index contributed by atoms with van der Waals surface area (Å²) in [7, 11) is 0. The number of benzene rings is 3. The quantitative estimate of drug-likeness (QED) is 0.565. The van der Waals surface area contributed by atoms with E-state index in [4.69, 9.17) is 15.2 Å². The maximum absolute atomic E-state index is 12.7. The second-order valence-corrected chi connectivity index (χ2v) is 8.12. The van der Waals surface area contributed by atoms with Gasteiger partial charge in [-0.15, -0.1) is 0 Å². The molecule has 152 valence electrons. The van der Waals surface area contributed by atoms with Gasteiger partial charge in [-0.25, -0.2) is 0 Å². The summed E-state index contributed by atoms with van der Waals surface area (Å²) in [5, 5.41) is 0. The number of Topliss-reactive ketones (excluding diaryl/α,β-unsaturated/α-hetero) is 1. The second kappa shape index (κ2) is 8.32. The highest BCUT2D eigenvalue weighted by Crippen LogP contribution is 2.41. The molecule has 2 N–H and O–H groups in total. The monoisotopic (exact) mass is 465 g/mol. The Labute approximate surface area is 182 Å². The highest BCUT2D eigenvalue weighted by Gasteiger charge is 2.30. The molecule has 30 heavy (non-hydrogen) atoms. The lowest BCUT2D eigenvalue weighted by atomic mass is 9.94. The minimum atomic E-state index is -0.463. The maximum atomic E-state index is 12.7. The fourth-order valence-corrected chi connectivity index (χ4v) is 3.90. The van der Waals surface area contributed by atoms with Gasteiger partial charge in [0.15, 0.2) is 5.78 Å². The molecular weight excluding hydrogens is 446 g/mol. The number of hydrogen-bond donors (Lipinski definition) is 1. The molecule has 6 heteroatoms. The van der Waals surface area contributed by atoms with E-state index in [0.717, 1.165) is 21.2 Å². The maximum Gasteiger partial charge on any atom is 0.248 e. The number of primary amides is 1. The third-order valence-corrected chi connectivity index (χ3v) is 5.63. The summed E-state index contributed by atoms with van der Waals surface area (Å²) < 4.78 is 13.1. The topological polar surface area (TPSA) is 78.6 Å². The second-order valence-electron chi connectivity index (χ2n) is 7.20. The van der Waals surface area contributed by atoms with E-state index in [1.54, 1.807) is 36.4 Å². The molecule has 1 atom stereocenters. The van der Waals surface area contributed by atoms with Gasteiger partial charge in [0.1, 0.15) is 24.2 Å². The SMILES string of the molecule is Cc1c(OCc2ccc(C(N)=O)cc2)ccc2c1OC(c1cccc(Br)c1)CC2=O. The van der Waals surface area contributed by atoms with Crippen LogP contribution in [0.4, 0.5) is 0 Å². The molecule has 3 aromatic rings. The van der Waals surface area contributed by atoms with Crippen molar-refractivity contribution in [3.63, 3.8) is 0 Å². The first kappa shape index (κ1) is 20.2. The molecule has 0 radical (unpaired) electrons. The summed E-state index contributed by atoms with van der Waals surface area (Å²) in [4.78, 5) is 23.9. The standard InChI is InChI=1S/C24H20BrNO4/c1-14-21(29-13-15-5-7-16(8-6-15)24(26)28)10-9-19-20(27)12-22(30-23(14)19)17-3-2-4-18(25)11-17/h2-11,22H,12-13H2,1H3,(H2,26,28). The van der Waals surface area contributed by atoms with Crippen molar-refractivity contribution in [2.45, 2.75) is 26.1 Å². The molecular formula is C24H20BrNO4. The molecule has 1 aliphatic rings. The van der Waals surface area contributed by atoms with Crippen molar-refractivity contribution >= 4 is 27.6 Å². The van der Waals surface area contributed by atoms with E-state index in [1.165, 1.54) is 0 Å². The lowest BCUT2D eigenvalue weighted by Gasteiger charge is -2.28. The van der Waals surface area contributed by atoms with Crippen LogP contribution in [0.5, 0.6) is 11.5 Å². The number of carbonyl (C=O) groups is 2. The van der Waals surface area contributed by atoms with Crippen LogP contribution in [0.1, 0.15) is 49.9 Å². The zero-order valence-electron chi connectivity index (χ0n) is 16.4. The molecule has 0 aromatic heterocycles. The zero-order chi connectivity index (χ0) is 21.3. The molecule has 0 spiro atoms. The van der Waals surface area contributed by atoms with Crippen LogP contribution in [0.25, 0.3) is 0 Å². The van der Waals surface area contributed by atoms with Crippen molar-refractivity contribution in [3.05, 3.63) is 93.0 Å². The summed E-state index contributed by atoms with van der Waals surface area (Å²) in [5.41, 5.74) is 8.94. The number of hydrogen-bond acceptors (Lipinski definition) is 4. The number of nitrogens with two attached hydrogens (primary N) is 1. The largest absolute Gasteiger partial charge is 0.488 e. The Balaban J connectivity index is 1.55. The summed E-state index contributed by atoms with van der Waals surface area (Å²) in [6.07, 6.45) is -0.0345. The molecule has 0 fully saturated rings. The van der Waals surface area contributed by atoms with Crippen molar-refractivity contribution in [3.8, 4) is 11.5 Å². The Hall–Kier alpha value is -3.12. The first-order valence-electron chi connectivity index (χ1n) is 9.53. The Morgan fingerprint density at radius 1 is 1.17 bits per heavy atom. The van der Waals surface area contributed by atoms with Crippen LogP contribution in [0.15, 0.2) is 65.1 Å². The first-order valence-corrected chi connectivity index (χ1v) is 10.3. The smallest absolute Gasteiger partial charge is 0.248 e. The molecule has 5 nitrogen and oxygen atoms in total. The van der Waals surface area contributed by atoms with Gasteiger partial charge in [-0.3, -0.25) is 9.59 Å². The van der Waals surface area contributed by atoms with E-state index < -0.39 is 5.91 Å². The molecule has 1 unspecified atom stereocenters. The van der Waals surface area contributed by atoms with Gasteiger partial charge in [-0.05, 0) is 54.4 Å². The van der Waals surface area contributed by atoms with Crippen LogP contribution >= 0.6 is 15.9 Å². The summed E-state index contributed by atoms with van der Waals surface area (Å²) in [5.74, 6) is 0.806. The average molecular weight is 466 g/mol. The van der Waals surface area contributed by atoms with Crippen LogP contribution in [0.2, 0.25) is 0 Å². The number of carbonyl (C=O) groups excluding carboxylic acids is 2. The predicted molar refractivity (Wildman–Crippen MR) is 117 cm³/mol. The van der Waals surface area contributed by atoms with Gasteiger partial charge in [0.2, 0.25) is 5.91 Å². The average Bonchev–Trinajstić information content (AvgIpc) is 2.74. The molecule has 3 aromatic carbocycles. The van der Waals surface area contributed by atoms with Gasteiger partial charge < -0.3 is 15.2 Å². The molecule has 0 aliphatic carbocycles. The highest BCUT2D eigenvalue weighted by atomic mass is 79.9. The Morgan fingerprint density at radius 3 is 2.63 bits per heavy atom. The van der Waals surface area contributed by atoms with Gasteiger partial charge in [0.05, 0.1) is 12.0 Å². The van der Waals surface area contributed by atoms with E-state index in [1.807, 2.05) is 31.2 Å².